The molecule has 0 saturated carbocycles. The summed E-state index contributed by atoms with van der Waals surface area (Å²) >= 11 is 12.5. The van der Waals surface area contributed by atoms with Crippen LogP contribution in [0.15, 0.2) is 63.7 Å². The number of benzene rings is 2. The first kappa shape index (κ1) is 26.1. The van der Waals surface area contributed by atoms with Gasteiger partial charge < -0.3 is 4.74 Å². The van der Waals surface area contributed by atoms with Crippen molar-refractivity contribution in [1.29, 1.82) is 0 Å². The minimum Gasteiger partial charge on any atom is -0.465 e. The van der Waals surface area contributed by atoms with Gasteiger partial charge in [-0.3, -0.25) is 14.2 Å². The van der Waals surface area contributed by atoms with Gasteiger partial charge in [0, 0.05) is 29.1 Å². The molecule has 0 atom stereocenters. The molecular weight excluding hydrogens is 545 g/mol. The zero-order valence-corrected chi connectivity index (χ0v) is 22.2. The average Bonchev–Trinajstić information content (AvgIpc) is 3.18. The van der Waals surface area contributed by atoms with Crippen LogP contribution in [-0.2, 0) is 25.8 Å². The first-order chi connectivity index (χ1) is 17.0. The van der Waals surface area contributed by atoms with Gasteiger partial charge in [0.25, 0.3) is 5.56 Å². The van der Waals surface area contributed by atoms with Crippen molar-refractivity contribution in [3.63, 3.8) is 0 Å². The van der Waals surface area contributed by atoms with Crippen LogP contribution in [0.3, 0.4) is 0 Å². The molecule has 0 amide bonds. The van der Waals surface area contributed by atoms with E-state index < -0.39 is 27.3 Å². The van der Waals surface area contributed by atoms with Crippen LogP contribution in [0.4, 0.5) is 0 Å². The molecule has 7 nitrogen and oxygen atoms in total. The third-order valence-electron chi connectivity index (χ3n) is 5.47. The molecule has 0 bridgehead atoms. The molecule has 0 N–H and O–H groups in total. The number of aryl methyl sites for hydroxylation is 1. The quantitative estimate of drug-likeness (QED) is 0.292. The van der Waals surface area contributed by atoms with Crippen molar-refractivity contribution in [2.24, 2.45) is 0 Å². The molecule has 0 unspecified atom stereocenters. The van der Waals surface area contributed by atoms with Gasteiger partial charge in [-0.2, -0.15) is 0 Å². The molecule has 0 aliphatic heterocycles. The van der Waals surface area contributed by atoms with E-state index in [4.69, 9.17) is 27.9 Å². The van der Waals surface area contributed by atoms with E-state index in [1.54, 1.807) is 42.5 Å². The second-order valence-electron chi connectivity index (χ2n) is 8.09. The molecule has 0 radical (unpaired) electrons. The number of hydrogen-bond donors (Lipinski definition) is 0. The first-order valence-electron chi connectivity index (χ1n) is 10.5. The lowest BCUT2D eigenvalue weighted by molar-refractivity contribution is -0.116. The largest absolute Gasteiger partial charge is 0.465 e. The Bertz CT molecular complexity index is 1650. The van der Waals surface area contributed by atoms with E-state index in [-0.39, 0.29) is 31.1 Å². The van der Waals surface area contributed by atoms with E-state index in [1.807, 2.05) is 6.92 Å². The number of ketones is 1. The Hall–Kier alpha value is -2.98. The fraction of sp³-hybridized carbons (Fsp3) is 0.160. The van der Waals surface area contributed by atoms with Gasteiger partial charge in [-0.1, -0.05) is 53.0 Å². The van der Waals surface area contributed by atoms with E-state index in [0.717, 1.165) is 16.9 Å². The maximum absolute atomic E-state index is 13.2. The smallest absolute Gasteiger partial charge is 0.340 e. The van der Waals surface area contributed by atoms with Crippen molar-refractivity contribution in [2.45, 2.75) is 17.6 Å². The van der Waals surface area contributed by atoms with Gasteiger partial charge in [-0.05, 0) is 36.8 Å². The second-order valence-corrected chi connectivity index (χ2v) is 12.4. The van der Waals surface area contributed by atoms with Crippen molar-refractivity contribution in [1.82, 2.24) is 4.57 Å². The van der Waals surface area contributed by atoms with Gasteiger partial charge in [0.15, 0.2) is 15.6 Å². The van der Waals surface area contributed by atoms with Crippen LogP contribution < -0.4 is 5.56 Å². The summed E-state index contributed by atoms with van der Waals surface area (Å²) in [5, 5.41) is 0.985. The molecule has 4 rings (SSSR count). The lowest BCUT2D eigenvalue weighted by Crippen LogP contribution is -2.21. The van der Waals surface area contributed by atoms with E-state index in [2.05, 4.69) is 0 Å². The molecule has 2 heterocycles. The summed E-state index contributed by atoms with van der Waals surface area (Å²) < 4.78 is 31.3. The Morgan fingerprint density at radius 2 is 1.72 bits per heavy atom. The summed E-state index contributed by atoms with van der Waals surface area (Å²) in [4.78, 5) is 38.0. The highest BCUT2D eigenvalue weighted by Gasteiger charge is 2.23. The molecular formula is C25H19Cl2NO6S2. The molecule has 0 fully saturated rings. The predicted molar refractivity (Wildman–Crippen MR) is 141 cm³/mol. The molecule has 0 spiro atoms. The molecule has 36 heavy (non-hydrogen) atoms. The van der Waals surface area contributed by atoms with Crippen molar-refractivity contribution in [3.05, 3.63) is 91.1 Å². The number of carbonyl (C=O) groups is 2. The predicted octanol–water partition coefficient (Wildman–Crippen LogP) is 5.04. The summed E-state index contributed by atoms with van der Waals surface area (Å²) in [5.41, 5.74) is 1.86. The van der Waals surface area contributed by atoms with Gasteiger partial charge in [0.05, 0.1) is 17.7 Å². The van der Waals surface area contributed by atoms with Crippen LogP contribution in [-0.4, -0.2) is 37.6 Å². The Morgan fingerprint density at radius 3 is 2.33 bits per heavy atom. The number of ether oxygens (including phenoxy) is 1. The van der Waals surface area contributed by atoms with Crippen molar-refractivity contribution in [2.75, 3.05) is 12.9 Å². The minimum absolute atomic E-state index is 0.0616. The number of nitrogens with zero attached hydrogens (tertiary/aromatic N) is 1. The topological polar surface area (TPSA) is 99.5 Å². The maximum Gasteiger partial charge on any atom is 0.340 e. The summed E-state index contributed by atoms with van der Waals surface area (Å²) in [6.07, 6.45) is 1.31. The molecule has 0 aliphatic rings. The maximum atomic E-state index is 13.2. The van der Waals surface area contributed by atoms with Crippen LogP contribution in [0.5, 0.6) is 0 Å². The fourth-order valence-corrected chi connectivity index (χ4v) is 6.94. The number of hydrogen-bond acceptors (Lipinski definition) is 7. The zero-order chi connectivity index (χ0) is 26.2. The summed E-state index contributed by atoms with van der Waals surface area (Å²) in [5.74, 6) is -1.76. The average molecular weight is 564 g/mol. The van der Waals surface area contributed by atoms with Crippen LogP contribution in [0, 0.1) is 6.92 Å². The third kappa shape index (κ3) is 5.24. The van der Waals surface area contributed by atoms with E-state index in [1.165, 1.54) is 23.9 Å². The second kappa shape index (κ2) is 10.2. The van der Waals surface area contributed by atoms with Crippen LogP contribution in [0.1, 0.15) is 21.5 Å². The summed E-state index contributed by atoms with van der Waals surface area (Å²) in [6.45, 7) is 1.86. The van der Waals surface area contributed by atoms with Crippen molar-refractivity contribution < 1.29 is 22.7 Å². The van der Waals surface area contributed by atoms with E-state index in [9.17, 15) is 22.8 Å². The number of thiophene rings is 1. The lowest BCUT2D eigenvalue weighted by atomic mass is 10.0. The number of Topliss-reactive ketones (excluding diaryl/α,β-unsaturated/α-hetero) is 1. The Balaban J connectivity index is 1.60. The van der Waals surface area contributed by atoms with E-state index >= 15 is 0 Å². The molecule has 0 aliphatic carbocycles. The highest BCUT2D eigenvalue weighted by molar-refractivity contribution is 7.94. The zero-order valence-electron chi connectivity index (χ0n) is 19.1. The molecule has 2 aromatic carbocycles. The number of pyridine rings is 1. The summed E-state index contributed by atoms with van der Waals surface area (Å²) in [7, 11) is -2.60. The molecule has 0 saturated heterocycles. The number of aromatic nitrogens is 1. The number of fused-ring (bicyclic) bond motifs is 1. The Labute approximate surface area is 220 Å². The van der Waals surface area contributed by atoms with Crippen LogP contribution >= 0.6 is 34.5 Å². The third-order valence-corrected chi connectivity index (χ3v) is 9.58. The number of carbonyl (C=O) groups excluding carboxylic acids is 2. The van der Waals surface area contributed by atoms with Gasteiger partial charge in [-0.25, -0.2) is 13.2 Å². The number of halogens is 2. The first-order valence-corrected chi connectivity index (χ1v) is 13.8. The normalized spacial score (nSPS) is 11.6. The number of esters is 1. The SMILES string of the molecule is COC(=O)c1cn(-c2ccc(CC(=O)CS(=O)(=O)c3cc(Cl)c(Cl)s3)cc2)c(=O)c2ccc(C)cc12. The van der Waals surface area contributed by atoms with Gasteiger partial charge >= 0.3 is 5.97 Å². The van der Waals surface area contributed by atoms with Crippen LogP contribution in [0.25, 0.3) is 16.5 Å². The van der Waals surface area contributed by atoms with Gasteiger partial charge in [0.1, 0.15) is 14.3 Å². The van der Waals surface area contributed by atoms with Gasteiger partial charge in [0.2, 0.25) is 0 Å². The fourth-order valence-electron chi connectivity index (χ4n) is 3.74. The standard InChI is InChI=1S/C25H19Cl2NO6S2/c1-14-3-8-18-19(9-14)20(25(31)34-2)12-28(24(18)30)16-6-4-15(5-7-16)10-17(29)13-36(32,33)22-11-21(26)23(27)35-22/h3-9,11-12H,10,13H2,1-2H3. The monoisotopic (exact) mass is 563 g/mol. The highest BCUT2D eigenvalue weighted by Crippen LogP contribution is 2.34. The Morgan fingerprint density at radius 1 is 1.03 bits per heavy atom. The van der Waals surface area contributed by atoms with E-state index in [0.29, 0.717) is 22.0 Å². The summed E-state index contributed by atoms with van der Waals surface area (Å²) in [6, 6.07) is 12.9. The van der Waals surface area contributed by atoms with Crippen LogP contribution in [0.2, 0.25) is 9.36 Å². The molecule has 186 valence electrons. The number of sulfone groups is 1. The Kier molecular flexibility index (Phi) is 7.38. The van der Waals surface area contributed by atoms with Crippen molar-refractivity contribution >= 4 is 66.9 Å². The van der Waals surface area contributed by atoms with Gasteiger partial charge in [-0.15, -0.1) is 11.3 Å². The molecule has 4 aromatic rings. The number of rotatable bonds is 7. The molecule has 2 aromatic heterocycles. The highest BCUT2D eigenvalue weighted by atomic mass is 35.5. The molecule has 11 heteroatoms. The van der Waals surface area contributed by atoms with Crippen molar-refractivity contribution in [3.8, 4) is 5.69 Å². The minimum atomic E-state index is -3.87. The lowest BCUT2D eigenvalue weighted by Gasteiger charge is -2.12. The number of methoxy groups -OCH3 is 1.